The van der Waals surface area contributed by atoms with Gasteiger partial charge in [-0.15, -0.1) is 0 Å². The highest BCUT2D eigenvalue weighted by atomic mass is 16.5. The van der Waals surface area contributed by atoms with Crippen LogP contribution in [0.15, 0.2) is 0 Å². The molecule has 0 spiro atoms. The summed E-state index contributed by atoms with van der Waals surface area (Å²) in [6.07, 6.45) is 2.81. The van der Waals surface area contributed by atoms with Crippen molar-refractivity contribution in [3.63, 3.8) is 0 Å². The molecule has 0 saturated carbocycles. The van der Waals surface area contributed by atoms with Crippen molar-refractivity contribution >= 4 is 11.8 Å². The van der Waals surface area contributed by atoms with Crippen LogP contribution in [0.1, 0.15) is 32.6 Å². The lowest BCUT2D eigenvalue weighted by Gasteiger charge is -2.31. The minimum atomic E-state index is -0.292. The first-order valence-electron chi connectivity index (χ1n) is 6.58. The summed E-state index contributed by atoms with van der Waals surface area (Å²) >= 11 is 0. The lowest BCUT2D eigenvalue weighted by Crippen LogP contribution is -2.41. The molecular formula is C13H23NO4. The predicted octanol–water partition coefficient (Wildman–Crippen LogP) is 1.01. The molecule has 0 bridgehead atoms. The van der Waals surface area contributed by atoms with Crippen LogP contribution >= 0.6 is 0 Å². The first-order valence-corrected chi connectivity index (χ1v) is 6.58. The van der Waals surface area contributed by atoms with E-state index in [1.807, 2.05) is 0 Å². The Balaban J connectivity index is 2.21. The third-order valence-electron chi connectivity index (χ3n) is 3.11. The van der Waals surface area contributed by atoms with Gasteiger partial charge in [0.15, 0.2) is 0 Å². The molecule has 0 aromatic rings. The summed E-state index contributed by atoms with van der Waals surface area (Å²) < 4.78 is 10.1. The predicted molar refractivity (Wildman–Crippen MR) is 67.3 cm³/mol. The summed E-state index contributed by atoms with van der Waals surface area (Å²) in [5.41, 5.74) is 0. The van der Waals surface area contributed by atoms with E-state index in [-0.39, 0.29) is 30.7 Å². The van der Waals surface area contributed by atoms with E-state index in [4.69, 9.17) is 9.47 Å². The van der Waals surface area contributed by atoms with Crippen LogP contribution in [0.4, 0.5) is 0 Å². The minimum Gasteiger partial charge on any atom is -0.466 e. The van der Waals surface area contributed by atoms with Gasteiger partial charge in [0.2, 0.25) is 0 Å². The van der Waals surface area contributed by atoms with Crippen molar-refractivity contribution in [2.45, 2.75) is 38.7 Å². The number of esters is 1. The van der Waals surface area contributed by atoms with Gasteiger partial charge >= 0.3 is 5.97 Å². The molecule has 0 aromatic heterocycles. The van der Waals surface area contributed by atoms with Crippen LogP contribution in [0.5, 0.6) is 0 Å². The summed E-state index contributed by atoms with van der Waals surface area (Å²) in [7, 11) is 1.71. The van der Waals surface area contributed by atoms with Crippen LogP contribution in [-0.2, 0) is 19.1 Å². The number of likely N-dealkylation sites (tertiary alicyclic amines) is 1. The van der Waals surface area contributed by atoms with Crippen LogP contribution in [0.25, 0.3) is 0 Å². The van der Waals surface area contributed by atoms with Crippen LogP contribution in [0.3, 0.4) is 0 Å². The largest absolute Gasteiger partial charge is 0.466 e. The highest BCUT2D eigenvalue weighted by Gasteiger charge is 2.21. The van der Waals surface area contributed by atoms with Crippen LogP contribution in [0.2, 0.25) is 0 Å². The molecule has 1 atom stereocenters. The summed E-state index contributed by atoms with van der Waals surface area (Å²) in [4.78, 5) is 25.0. The molecule has 1 rings (SSSR count). The van der Waals surface area contributed by atoms with Gasteiger partial charge in [0, 0.05) is 20.1 Å². The average Bonchev–Trinajstić information content (AvgIpc) is 2.37. The molecule has 5 nitrogen and oxygen atoms in total. The minimum absolute atomic E-state index is 0.0970. The molecule has 0 aromatic carbocycles. The van der Waals surface area contributed by atoms with Crippen LogP contribution < -0.4 is 0 Å². The van der Waals surface area contributed by atoms with Crippen molar-refractivity contribution in [2.24, 2.45) is 0 Å². The maximum absolute atomic E-state index is 11.7. The van der Waals surface area contributed by atoms with E-state index in [9.17, 15) is 9.59 Å². The van der Waals surface area contributed by atoms with Gasteiger partial charge in [-0.1, -0.05) is 0 Å². The number of ether oxygens (including phenoxy) is 2. The fourth-order valence-electron chi connectivity index (χ4n) is 2.15. The number of piperidine rings is 1. The zero-order valence-electron chi connectivity index (χ0n) is 11.3. The number of carbonyl (C=O) groups excluding carboxylic acids is 2. The van der Waals surface area contributed by atoms with Crippen molar-refractivity contribution < 1.29 is 19.1 Å². The Hall–Kier alpha value is -0.940. The van der Waals surface area contributed by atoms with Gasteiger partial charge in [0.05, 0.1) is 25.7 Å². The second kappa shape index (κ2) is 8.21. The summed E-state index contributed by atoms with van der Waals surface area (Å²) in [5.74, 6) is -0.195. The summed E-state index contributed by atoms with van der Waals surface area (Å²) in [6.45, 7) is 4.29. The average molecular weight is 257 g/mol. The van der Waals surface area contributed by atoms with Gasteiger partial charge < -0.3 is 9.47 Å². The molecule has 1 unspecified atom stereocenters. The fraction of sp³-hybridized carbons (Fsp3) is 0.846. The monoisotopic (exact) mass is 257 g/mol. The molecular weight excluding hydrogens is 234 g/mol. The first kappa shape index (κ1) is 15.1. The number of Topliss-reactive ketones (excluding diaryl/α,β-unsaturated/α-hetero) is 1. The van der Waals surface area contributed by atoms with Crippen molar-refractivity contribution in [1.82, 2.24) is 4.90 Å². The van der Waals surface area contributed by atoms with Crippen LogP contribution in [-0.4, -0.2) is 56.1 Å². The highest BCUT2D eigenvalue weighted by Crippen LogP contribution is 2.12. The smallest absolute Gasteiger partial charge is 0.306 e. The fourth-order valence-corrected chi connectivity index (χ4v) is 2.15. The lowest BCUT2D eigenvalue weighted by molar-refractivity contribution is -0.144. The van der Waals surface area contributed by atoms with Crippen molar-refractivity contribution in [3.05, 3.63) is 0 Å². The molecule has 1 aliphatic rings. The molecule has 0 amide bonds. The molecule has 1 heterocycles. The Kier molecular flexibility index (Phi) is 6.90. The molecule has 1 fully saturated rings. The second-order valence-electron chi connectivity index (χ2n) is 4.58. The van der Waals surface area contributed by atoms with E-state index in [1.165, 1.54) is 0 Å². The molecule has 0 N–H and O–H groups in total. The van der Waals surface area contributed by atoms with Crippen molar-refractivity contribution in [1.29, 1.82) is 0 Å². The van der Waals surface area contributed by atoms with E-state index in [0.29, 0.717) is 13.2 Å². The highest BCUT2D eigenvalue weighted by molar-refractivity contribution is 5.84. The number of nitrogens with zero attached hydrogens (tertiary/aromatic N) is 1. The van der Waals surface area contributed by atoms with Gasteiger partial charge in [-0.25, -0.2) is 0 Å². The molecule has 5 heteroatoms. The van der Waals surface area contributed by atoms with Gasteiger partial charge in [-0.05, 0) is 26.3 Å². The number of hydrogen-bond donors (Lipinski definition) is 0. The third kappa shape index (κ3) is 5.60. The SMILES string of the molecule is CCOC(=O)CCC(=O)CN1CCCC(OC)C1. The molecule has 18 heavy (non-hydrogen) atoms. The summed E-state index contributed by atoms with van der Waals surface area (Å²) in [6, 6.07) is 0. The Morgan fingerprint density at radius 2 is 2.11 bits per heavy atom. The Morgan fingerprint density at radius 1 is 1.33 bits per heavy atom. The van der Waals surface area contributed by atoms with Gasteiger partial charge in [0.1, 0.15) is 5.78 Å². The quantitative estimate of drug-likeness (QED) is 0.637. The number of ketones is 1. The van der Waals surface area contributed by atoms with E-state index >= 15 is 0 Å². The first-order chi connectivity index (χ1) is 8.65. The Bertz CT molecular complexity index is 280. The van der Waals surface area contributed by atoms with Crippen molar-refractivity contribution in [3.8, 4) is 0 Å². The van der Waals surface area contributed by atoms with Crippen LogP contribution in [0, 0.1) is 0 Å². The molecule has 1 saturated heterocycles. The van der Waals surface area contributed by atoms with E-state index in [2.05, 4.69) is 4.90 Å². The zero-order chi connectivity index (χ0) is 13.4. The topological polar surface area (TPSA) is 55.8 Å². The maximum atomic E-state index is 11.7. The number of hydrogen-bond acceptors (Lipinski definition) is 5. The molecule has 0 radical (unpaired) electrons. The third-order valence-corrected chi connectivity index (χ3v) is 3.11. The number of carbonyl (C=O) groups is 2. The second-order valence-corrected chi connectivity index (χ2v) is 4.58. The standard InChI is InChI=1S/C13H23NO4/c1-3-18-13(16)7-6-11(15)9-14-8-4-5-12(10-14)17-2/h12H,3-10H2,1-2H3. The van der Waals surface area contributed by atoms with Crippen molar-refractivity contribution in [2.75, 3.05) is 33.4 Å². The van der Waals surface area contributed by atoms with E-state index < -0.39 is 0 Å². The number of rotatable bonds is 7. The normalized spacial score (nSPS) is 20.7. The Morgan fingerprint density at radius 3 is 2.78 bits per heavy atom. The molecule has 1 aliphatic heterocycles. The maximum Gasteiger partial charge on any atom is 0.306 e. The van der Waals surface area contributed by atoms with E-state index in [0.717, 1.165) is 25.9 Å². The van der Waals surface area contributed by atoms with Gasteiger partial charge in [0.25, 0.3) is 0 Å². The molecule has 104 valence electrons. The zero-order valence-corrected chi connectivity index (χ0v) is 11.3. The van der Waals surface area contributed by atoms with E-state index in [1.54, 1.807) is 14.0 Å². The van der Waals surface area contributed by atoms with Gasteiger partial charge in [-0.2, -0.15) is 0 Å². The number of methoxy groups -OCH3 is 1. The lowest BCUT2D eigenvalue weighted by atomic mass is 10.1. The molecule has 0 aliphatic carbocycles. The Labute approximate surface area is 108 Å². The summed E-state index contributed by atoms with van der Waals surface area (Å²) in [5, 5.41) is 0. The van der Waals surface area contributed by atoms with Gasteiger partial charge in [-0.3, -0.25) is 14.5 Å².